The van der Waals surface area contributed by atoms with Gasteiger partial charge in [0, 0.05) is 39.3 Å². The smallest absolute Gasteiger partial charge is 0.256 e. The van der Waals surface area contributed by atoms with Crippen molar-refractivity contribution in [3.8, 4) is 6.07 Å². The molecule has 1 heterocycles. The number of benzene rings is 1. The lowest BCUT2D eigenvalue weighted by Gasteiger charge is -2.38. The van der Waals surface area contributed by atoms with E-state index < -0.39 is 21.7 Å². The van der Waals surface area contributed by atoms with Gasteiger partial charge in [-0.3, -0.25) is 9.69 Å². The molecule has 9 heteroatoms. The predicted molar refractivity (Wildman–Crippen MR) is 108 cm³/mol. The molecule has 0 radical (unpaired) electrons. The molecular weight excluding hydrogens is 395 g/mol. The molecule has 1 unspecified atom stereocenters. The molecule has 1 aliphatic heterocycles. The molecule has 0 saturated carbocycles. The Kier molecular flexibility index (Phi) is 7.74. The Morgan fingerprint density at radius 3 is 2.28 bits per heavy atom. The first-order valence-corrected chi connectivity index (χ1v) is 11.3. The van der Waals surface area contributed by atoms with E-state index in [1.807, 2.05) is 18.7 Å². The Labute approximate surface area is 172 Å². The minimum Gasteiger partial charge on any atom is -0.336 e. The molecule has 160 valence electrons. The molecule has 0 N–H and O–H groups in total. The van der Waals surface area contributed by atoms with Crippen molar-refractivity contribution in [2.45, 2.75) is 38.6 Å². The summed E-state index contributed by atoms with van der Waals surface area (Å²) < 4.78 is 41.1. The predicted octanol–water partition coefficient (Wildman–Crippen LogP) is 2.16. The number of hydrogen-bond donors (Lipinski definition) is 0. The van der Waals surface area contributed by atoms with Gasteiger partial charge in [0.15, 0.2) is 0 Å². The zero-order chi connectivity index (χ0) is 21.8. The highest BCUT2D eigenvalue weighted by Crippen LogP contribution is 2.21. The van der Waals surface area contributed by atoms with Crippen molar-refractivity contribution in [3.63, 3.8) is 0 Å². The summed E-state index contributed by atoms with van der Waals surface area (Å²) >= 11 is 0. The van der Waals surface area contributed by atoms with E-state index in [-0.39, 0.29) is 35.5 Å². The van der Waals surface area contributed by atoms with E-state index >= 15 is 0 Å². The summed E-state index contributed by atoms with van der Waals surface area (Å²) in [5.74, 6) is -1.11. The fraction of sp³-hybridized carbons (Fsp3) is 0.600. The second kappa shape index (κ2) is 9.65. The molecule has 1 atom stereocenters. The number of sulfonamides is 1. The van der Waals surface area contributed by atoms with Gasteiger partial charge in [0.25, 0.3) is 5.91 Å². The summed E-state index contributed by atoms with van der Waals surface area (Å²) in [4.78, 5) is 16.3. The summed E-state index contributed by atoms with van der Waals surface area (Å²) in [6, 6.07) is 5.42. The van der Waals surface area contributed by atoms with Gasteiger partial charge in [-0.1, -0.05) is 27.7 Å². The lowest BCUT2D eigenvalue weighted by Crippen LogP contribution is -2.53. The standard InChI is InChI=1S/C20H29FN4O3S/c1-5-25(6-2)29(27,28)16-7-8-18(21)17(13-16)20(26)24-11-9-23(10-12-24)19(14-22)15(3)4/h7-8,13,15,19H,5-6,9-12H2,1-4H3. The van der Waals surface area contributed by atoms with Crippen molar-refractivity contribution >= 4 is 15.9 Å². The van der Waals surface area contributed by atoms with Gasteiger partial charge in [0.2, 0.25) is 10.0 Å². The van der Waals surface area contributed by atoms with Gasteiger partial charge < -0.3 is 4.90 Å². The molecule has 7 nitrogen and oxygen atoms in total. The second-order valence-corrected chi connectivity index (χ2v) is 9.32. The molecular formula is C20H29FN4O3S. The van der Waals surface area contributed by atoms with E-state index in [0.717, 1.165) is 12.1 Å². The first-order chi connectivity index (χ1) is 13.7. The molecule has 0 spiro atoms. The first-order valence-electron chi connectivity index (χ1n) is 9.89. The molecule has 1 fully saturated rings. The van der Waals surface area contributed by atoms with Gasteiger partial charge in [-0.25, -0.2) is 12.8 Å². The third-order valence-corrected chi connectivity index (χ3v) is 7.32. The van der Waals surface area contributed by atoms with Crippen molar-refractivity contribution in [2.75, 3.05) is 39.3 Å². The number of amides is 1. The van der Waals surface area contributed by atoms with Gasteiger partial charge in [-0.15, -0.1) is 0 Å². The van der Waals surface area contributed by atoms with Gasteiger partial charge in [-0.05, 0) is 24.1 Å². The number of carbonyl (C=O) groups is 1. The molecule has 0 aliphatic carbocycles. The van der Waals surface area contributed by atoms with Crippen molar-refractivity contribution in [1.82, 2.24) is 14.1 Å². The van der Waals surface area contributed by atoms with Crippen LogP contribution < -0.4 is 0 Å². The van der Waals surface area contributed by atoms with Crippen LogP contribution in [-0.4, -0.2) is 73.7 Å². The average Bonchev–Trinajstić information content (AvgIpc) is 2.69. The Hall–Kier alpha value is -2.02. The number of piperazine rings is 1. The molecule has 1 aromatic rings. The average molecular weight is 425 g/mol. The van der Waals surface area contributed by atoms with E-state index in [1.165, 1.54) is 15.3 Å². The summed E-state index contributed by atoms with van der Waals surface area (Å²) in [5.41, 5.74) is -0.243. The quantitative estimate of drug-likeness (QED) is 0.670. The van der Waals surface area contributed by atoms with E-state index in [4.69, 9.17) is 0 Å². The minimum absolute atomic E-state index is 0.0889. The van der Waals surface area contributed by atoms with Crippen LogP contribution in [0, 0.1) is 23.1 Å². The zero-order valence-electron chi connectivity index (χ0n) is 17.4. The Morgan fingerprint density at radius 2 is 1.79 bits per heavy atom. The van der Waals surface area contributed by atoms with E-state index in [1.54, 1.807) is 13.8 Å². The van der Waals surface area contributed by atoms with Crippen LogP contribution in [0.1, 0.15) is 38.1 Å². The number of rotatable bonds is 7. The fourth-order valence-electron chi connectivity index (χ4n) is 3.57. The number of carbonyl (C=O) groups excluding carboxylic acids is 1. The van der Waals surface area contributed by atoms with Crippen LogP contribution in [0.25, 0.3) is 0 Å². The molecule has 1 amide bonds. The molecule has 29 heavy (non-hydrogen) atoms. The summed E-state index contributed by atoms with van der Waals surface area (Å²) in [6.45, 7) is 9.72. The molecule has 1 aromatic carbocycles. The summed E-state index contributed by atoms with van der Waals surface area (Å²) in [6.07, 6.45) is 0. The Bertz CT molecular complexity index is 870. The molecule has 2 rings (SSSR count). The van der Waals surface area contributed by atoms with Crippen LogP contribution in [0.5, 0.6) is 0 Å². The molecule has 1 aliphatic rings. The van der Waals surface area contributed by atoms with Crippen LogP contribution in [-0.2, 0) is 10.0 Å². The normalized spacial score (nSPS) is 16.8. The van der Waals surface area contributed by atoms with Crippen molar-refractivity contribution < 1.29 is 17.6 Å². The van der Waals surface area contributed by atoms with Gasteiger partial charge >= 0.3 is 0 Å². The Balaban J connectivity index is 2.21. The van der Waals surface area contributed by atoms with Gasteiger partial charge in [0.1, 0.15) is 11.9 Å². The highest BCUT2D eigenvalue weighted by atomic mass is 32.2. The molecule has 1 saturated heterocycles. The first kappa shape index (κ1) is 23.3. The van der Waals surface area contributed by atoms with Crippen LogP contribution >= 0.6 is 0 Å². The van der Waals surface area contributed by atoms with E-state index in [2.05, 4.69) is 6.07 Å². The minimum atomic E-state index is -3.79. The monoisotopic (exact) mass is 424 g/mol. The summed E-state index contributed by atoms with van der Waals surface area (Å²) in [5, 5.41) is 9.35. The number of nitrogens with zero attached hydrogens (tertiary/aromatic N) is 4. The second-order valence-electron chi connectivity index (χ2n) is 7.38. The van der Waals surface area contributed by atoms with Crippen molar-refractivity contribution in [2.24, 2.45) is 5.92 Å². The third kappa shape index (κ3) is 4.94. The Morgan fingerprint density at radius 1 is 1.21 bits per heavy atom. The highest BCUT2D eigenvalue weighted by Gasteiger charge is 2.30. The number of hydrogen-bond acceptors (Lipinski definition) is 5. The topological polar surface area (TPSA) is 84.7 Å². The maximum atomic E-state index is 14.4. The van der Waals surface area contributed by atoms with Crippen molar-refractivity contribution in [3.05, 3.63) is 29.6 Å². The molecule has 0 bridgehead atoms. The fourth-order valence-corrected chi connectivity index (χ4v) is 5.05. The summed E-state index contributed by atoms with van der Waals surface area (Å²) in [7, 11) is -3.79. The van der Waals surface area contributed by atoms with Crippen molar-refractivity contribution in [1.29, 1.82) is 5.26 Å². The zero-order valence-corrected chi connectivity index (χ0v) is 18.2. The maximum absolute atomic E-state index is 14.4. The highest BCUT2D eigenvalue weighted by molar-refractivity contribution is 7.89. The van der Waals surface area contributed by atoms with Crippen LogP contribution in [0.3, 0.4) is 0 Å². The largest absolute Gasteiger partial charge is 0.336 e. The lowest BCUT2D eigenvalue weighted by atomic mass is 10.0. The van der Waals surface area contributed by atoms with E-state index in [9.17, 15) is 22.9 Å². The lowest BCUT2D eigenvalue weighted by molar-refractivity contribution is 0.0572. The maximum Gasteiger partial charge on any atom is 0.256 e. The van der Waals surface area contributed by atoms with E-state index in [0.29, 0.717) is 26.2 Å². The van der Waals surface area contributed by atoms with Crippen LogP contribution in [0.2, 0.25) is 0 Å². The third-order valence-electron chi connectivity index (χ3n) is 5.27. The van der Waals surface area contributed by atoms with Gasteiger partial charge in [0.05, 0.1) is 16.5 Å². The van der Waals surface area contributed by atoms with Gasteiger partial charge in [-0.2, -0.15) is 9.57 Å². The molecule has 0 aromatic heterocycles. The number of nitriles is 1. The number of halogens is 1. The van der Waals surface area contributed by atoms with Crippen LogP contribution in [0.15, 0.2) is 23.1 Å². The SMILES string of the molecule is CCN(CC)S(=O)(=O)c1ccc(F)c(C(=O)N2CCN(C(C#N)C(C)C)CC2)c1. The van der Waals surface area contributed by atoms with Crippen LogP contribution in [0.4, 0.5) is 4.39 Å².